The van der Waals surface area contributed by atoms with E-state index in [2.05, 4.69) is 48.4 Å². The molecule has 1 rings (SSSR count). The van der Waals surface area contributed by atoms with E-state index >= 15 is 0 Å². The van der Waals surface area contributed by atoms with Crippen molar-refractivity contribution >= 4 is 17.7 Å². The maximum absolute atomic E-state index is 4.62. The van der Waals surface area contributed by atoms with Gasteiger partial charge in [-0.25, -0.2) is 0 Å². The number of hydrogen-bond donors (Lipinski definition) is 1. The van der Waals surface area contributed by atoms with E-state index in [1.165, 1.54) is 4.90 Å². The van der Waals surface area contributed by atoms with Gasteiger partial charge in [0.05, 0.1) is 6.54 Å². The van der Waals surface area contributed by atoms with Crippen molar-refractivity contribution in [2.24, 2.45) is 4.99 Å². The number of thioether (sulfide) groups is 1. The fourth-order valence-electron chi connectivity index (χ4n) is 1.50. The number of guanidine groups is 1. The first-order valence-electron chi connectivity index (χ1n) is 6.30. The van der Waals surface area contributed by atoms with Gasteiger partial charge >= 0.3 is 0 Å². The Labute approximate surface area is 115 Å². The van der Waals surface area contributed by atoms with Crippen LogP contribution in [0.25, 0.3) is 0 Å². The number of rotatable bonds is 5. The largest absolute Gasteiger partial charge is 0.357 e. The summed E-state index contributed by atoms with van der Waals surface area (Å²) >= 11 is 1.86. The maximum atomic E-state index is 4.62. The Morgan fingerprint density at radius 2 is 2.00 bits per heavy atom. The quantitative estimate of drug-likeness (QED) is 0.504. The summed E-state index contributed by atoms with van der Waals surface area (Å²) in [7, 11) is 4.02. The van der Waals surface area contributed by atoms with Crippen molar-refractivity contribution in [1.82, 2.24) is 10.2 Å². The van der Waals surface area contributed by atoms with Crippen molar-refractivity contribution < 1.29 is 0 Å². The van der Waals surface area contributed by atoms with Gasteiger partial charge in [0, 0.05) is 30.8 Å². The van der Waals surface area contributed by atoms with Crippen molar-refractivity contribution in [2.45, 2.75) is 24.0 Å². The second kappa shape index (κ2) is 8.03. The monoisotopic (exact) mass is 265 g/mol. The van der Waals surface area contributed by atoms with Crippen LogP contribution in [0.2, 0.25) is 0 Å². The Morgan fingerprint density at radius 1 is 1.33 bits per heavy atom. The van der Waals surface area contributed by atoms with E-state index in [9.17, 15) is 0 Å². The second-order valence-electron chi connectivity index (χ2n) is 4.33. The topological polar surface area (TPSA) is 27.6 Å². The molecule has 1 N–H and O–H groups in total. The molecule has 4 heteroatoms. The summed E-state index contributed by atoms with van der Waals surface area (Å²) < 4.78 is 0. The van der Waals surface area contributed by atoms with Crippen molar-refractivity contribution in [2.75, 3.05) is 27.2 Å². The molecule has 0 aliphatic rings. The zero-order chi connectivity index (χ0) is 13.4. The summed E-state index contributed by atoms with van der Waals surface area (Å²) in [5, 5.41) is 3.74. The third-order valence-corrected chi connectivity index (χ3v) is 3.43. The summed E-state index contributed by atoms with van der Waals surface area (Å²) in [6.45, 7) is 6.01. The van der Waals surface area contributed by atoms with Crippen molar-refractivity contribution in [3.8, 4) is 0 Å². The highest BCUT2D eigenvalue weighted by Gasteiger charge is 2.05. The van der Waals surface area contributed by atoms with Gasteiger partial charge < -0.3 is 10.2 Å². The van der Waals surface area contributed by atoms with Crippen LogP contribution in [-0.2, 0) is 0 Å². The van der Waals surface area contributed by atoms with Gasteiger partial charge in [0.1, 0.15) is 0 Å². The van der Waals surface area contributed by atoms with Crippen LogP contribution in [0.4, 0.5) is 0 Å². The molecule has 1 unspecified atom stereocenters. The van der Waals surface area contributed by atoms with E-state index in [-0.39, 0.29) is 0 Å². The van der Waals surface area contributed by atoms with Gasteiger partial charge in [0.15, 0.2) is 5.96 Å². The highest BCUT2D eigenvalue weighted by Crippen LogP contribution is 2.22. The molecule has 1 atom stereocenters. The minimum absolute atomic E-state index is 0.473. The van der Waals surface area contributed by atoms with Crippen LogP contribution in [-0.4, -0.2) is 43.3 Å². The van der Waals surface area contributed by atoms with E-state index in [4.69, 9.17) is 0 Å². The lowest BCUT2D eigenvalue weighted by Gasteiger charge is -2.17. The third kappa shape index (κ3) is 5.45. The standard InChI is InChI=1S/C14H23N3S/c1-5-15-14(17(3)4)16-11-12(2)18-13-9-7-6-8-10-13/h6-10,12H,5,11H2,1-4H3,(H,15,16). The van der Waals surface area contributed by atoms with Gasteiger partial charge in [0.2, 0.25) is 0 Å². The predicted octanol–water partition coefficient (Wildman–Crippen LogP) is 2.69. The fourth-order valence-corrected chi connectivity index (χ4v) is 2.43. The Bertz CT molecular complexity index is 363. The molecule has 0 aliphatic carbocycles. The normalized spacial score (nSPS) is 13.2. The molecule has 18 heavy (non-hydrogen) atoms. The molecular formula is C14H23N3S. The second-order valence-corrected chi connectivity index (χ2v) is 5.84. The summed E-state index contributed by atoms with van der Waals surface area (Å²) in [4.78, 5) is 7.94. The van der Waals surface area contributed by atoms with E-state index in [1.807, 2.05) is 36.8 Å². The van der Waals surface area contributed by atoms with Gasteiger partial charge in [-0.2, -0.15) is 0 Å². The van der Waals surface area contributed by atoms with Crippen LogP contribution in [0, 0.1) is 0 Å². The lowest BCUT2D eigenvalue weighted by atomic mass is 10.4. The summed E-state index contributed by atoms with van der Waals surface area (Å²) in [5.74, 6) is 0.956. The zero-order valence-corrected chi connectivity index (χ0v) is 12.5. The molecule has 0 bridgehead atoms. The Balaban J connectivity index is 2.48. The number of hydrogen-bond acceptors (Lipinski definition) is 2. The molecule has 1 aromatic rings. The average molecular weight is 265 g/mol. The molecule has 0 fully saturated rings. The fraction of sp³-hybridized carbons (Fsp3) is 0.500. The molecule has 100 valence electrons. The van der Waals surface area contributed by atoms with Crippen LogP contribution >= 0.6 is 11.8 Å². The van der Waals surface area contributed by atoms with Crippen molar-refractivity contribution in [1.29, 1.82) is 0 Å². The molecule has 1 aromatic carbocycles. The Hall–Kier alpha value is -1.16. The van der Waals surface area contributed by atoms with Gasteiger partial charge in [-0.3, -0.25) is 4.99 Å². The van der Waals surface area contributed by atoms with Gasteiger partial charge in [-0.1, -0.05) is 25.1 Å². The maximum Gasteiger partial charge on any atom is 0.193 e. The first-order valence-corrected chi connectivity index (χ1v) is 7.18. The summed E-state index contributed by atoms with van der Waals surface area (Å²) in [6.07, 6.45) is 0. The molecule has 0 aliphatic heterocycles. The molecule has 3 nitrogen and oxygen atoms in total. The molecule has 0 amide bonds. The van der Waals surface area contributed by atoms with E-state index in [0.717, 1.165) is 19.0 Å². The number of nitrogens with zero attached hydrogens (tertiary/aromatic N) is 2. The lowest BCUT2D eigenvalue weighted by Crippen LogP contribution is -2.36. The minimum atomic E-state index is 0.473. The highest BCUT2D eigenvalue weighted by molar-refractivity contribution is 8.00. The summed E-state index contributed by atoms with van der Waals surface area (Å²) in [6, 6.07) is 10.5. The number of benzene rings is 1. The van der Waals surface area contributed by atoms with Crippen molar-refractivity contribution in [3.63, 3.8) is 0 Å². The first-order chi connectivity index (χ1) is 8.63. The van der Waals surface area contributed by atoms with Crippen molar-refractivity contribution in [3.05, 3.63) is 30.3 Å². The van der Waals surface area contributed by atoms with Gasteiger partial charge in [-0.15, -0.1) is 11.8 Å². The smallest absolute Gasteiger partial charge is 0.193 e. The molecule has 0 radical (unpaired) electrons. The van der Waals surface area contributed by atoms with Crippen LogP contribution in [0.5, 0.6) is 0 Å². The molecule has 0 saturated carbocycles. The number of nitrogens with one attached hydrogen (secondary N) is 1. The Morgan fingerprint density at radius 3 is 2.56 bits per heavy atom. The third-order valence-electron chi connectivity index (χ3n) is 2.34. The molecule has 0 saturated heterocycles. The van der Waals surface area contributed by atoms with E-state index < -0.39 is 0 Å². The Kier molecular flexibility index (Phi) is 6.65. The van der Waals surface area contributed by atoms with Crippen LogP contribution in [0.1, 0.15) is 13.8 Å². The van der Waals surface area contributed by atoms with Gasteiger partial charge in [0.25, 0.3) is 0 Å². The van der Waals surface area contributed by atoms with Gasteiger partial charge in [-0.05, 0) is 19.1 Å². The summed E-state index contributed by atoms with van der Waals surface area (Å²) in [5.41, 5.74) is 0. The van der Waals surface area contributed by atoms with E-state index in [1.54, 1.807) is 0 Å². The van der Waals surface area contributed by atoms with Crippen LogP contribution < -0.4 is 5.32 Å². The predicted molar refractivity (Wildman–Crippen MR) is 81.4 cm³/mol. The number of aliphatic imine (C=N–C) groups is 1. The van der Waals surface area contributed by atoms with Crippen LogP contribution in [0.3, 0.4) is 0 Å². The van der Waals surface area contributed by atoms with Crippen LogP contribution in [0.15, 0.2) is 40.2 Å². The average Bonchev–Trinajstić information content (AvgIpc) is 2.35. The minimum Gasteiger partial charge on any atom is -0.357 e. The SMILES string of the molecule is CCNC(=NCC(C)Sc1ccccc1)N(C)C. The zero-order valence-electron chi connectivity index (χ0n) is 11.7. The van der Waals surface area contributed by atoms with E-state index in [0.29, 0.717) is 5.25 Å². The lowest BCUT2D eigenvalue weighted by molar-refractivity contribution is 0.583. The molecular weight excluding hydrogens is 242 g/mol. The molecule has 0 aromatic heterocycles. The first kappa shape index (κ1) is 14.9. The molecule has 0 spiro atoms. The highest BCUT2D eigenvalue weighted by atomic mass is 32.2. The molecule has 0 heterocycles.